The molecule has 2 aromatic rings. The van der Waals surface area contributed by atoms with Crippen molar-refractivity contribution in [1.29, 1.82) is 0 Å². The summed E-state index contributed by atoms with van der Waals surface area (Å²) in [5.74, 6) is 0.0557. The molecule has 3 N–H and O–H groups in total. The number of nitrogens with one attached hydrogen (secondary N) is 1. The van der Waals surface area contributed by atoms with E-state index in [-0.39, 0.29) is 11.8 Å². The van der Waals surface area contributed by atoms with Gasteiger partial charge in [0.05, 0.1) is 5.92 Å². The van der Waals surface area contributed by atoms with Crippen LogP contribution in [0.2, 0.25) is 0 Å². The second kappa shape index (κ2) is 5.29. The highest BCUT2D eigenvalue weighted by Crippen LogP contribution is 2.35. The second-order valence-corrected chi connectivity index (χ2v) is 6.31. The molecule has 1 amide bonds. The summed E-state index contributed by atoms with van der Waals surface area (Å²) in [7, 11) is 0. The van der Waals surface area contributed by atoms with Gasteiger partial charge in [-0.25, -0.2) is 0 Å². The number of carbonyl (C=O) groups is 1. The molecule has 1 aromatic carbocycles. The highest BCUT2D eigenvalue weighted by atomic mass is 32.1. The number of amides is 1. The van der Waals surface area contributed by atoms with E-state index in [9.17, 15) is 4.79 Å². The van der Waals surface area contributed by atoms with E-state index >= 15 is 0 Å². The monoisotopic (exact) mass is 286 g/mol. The zero-order valence-corrected chi connectivity index (χ0v) is 12.3. The van der Waals surface area contributed by atoms with E-state index in [2.05, 4.69) is 16.8 Å². The fourth-order valence-corrected chi connectivity index (χ4v) is 3.69. The van der Waals surface area contributed by atoms with E-state index in [0.29, 0.717) is 5.69 Å². The van der Waals surface area contributed by atoms with Crippen molar-refractivity contribution in [3.8, 4) is 0 Å². The Bertz CT molecular complexity index is 648. The zero-order chi connectivity index (χ0) is 14.1. The van der Waals surface area contributed by atoms with Gasteiger partial charge in [0.25, 0.3) is 0 Å². The number of thiophene rings is 1. The van der Waals surface area contributed by atoms with E-state index in [1.807, 2.05) is 25.1 Å². The second-order valence-electron chi connectivity index (χ2n) is 5.30. The first-order valence-corrected chi connectivity index (χ1v) is 7.76. The van der Waals surface area contributed by atoms with Crippen LogP contribution < -0.4 is 11.1 Å². The third-order valence-corrected chi connectivity index (χ3v) is 4.91. The molecule has 0 aliphatic heterocycles. The normalized spacial score (nSPS) is 17.6. The minimum absolute atomic E-state index is 0.0208. The quantitative estimate of drug-likeness (QED) is 0.827. The Hall–Kier alpha value is -1.81. The van der Waals surface area contributed by atoms with Gasteiger partial charge >= 0.3 is 0 Å². The predicted octanol–water partition coefficient (Wildman–Crippen LogP) is 3.70. The fourth-order valence-electron chi connectivity index (χ4n) is 2.71. The molecule has 0 fully saturated rings. The number of rotatable bonds is 2. The summed E-state index contributed by atoms with van der Waals surface area (Å²) in [6.45, 7) is 1.96. The lowest BCUT2D eigenvalue weighted by molar-refractivity contribution is -0.117. The van der Waals surface area contributed by atoms with E-state index in [1.54, 1.807) is 11.3 Å². The minimum atomic E-state index is -0.0208. The zero-order valence-electron chi connectivity index (χ0n) is 11.5. The van der Waals surface area contributed by atoms with Crippen molar-refractivity contribution in [3.63, 3.8) is 0 Å². The number of carbonyl (C=O) groups excluding carboxylic acids is 1. The molecule has 0 saturated heterocycles. The van der Waals surface area contributed by atoms with Gasteiger partial charge in [-0.1, -0.05) is 6.07 Å². The summed E-state index contributed by atoms with van der Waals surface area (Å²) in [5, 5.41) is 5.08. The highest BCUT2D eigenvalue weighted by molar-refractivity contribution is 7.10. The van der Waals surface area contributed by atoms with Crippen LogP contribution in [0.15, 0.2) is 29.6 Å². The summed E-state index contributed by atoms with van der Waals surface area (Å²) in [6.07, 6.45) is 3.12. The Labute approximate surface area is 122 Å². The lowest BCUT2D eigenvalue weighted by Crippen LogP contribution is -2.23. The summed E-state index contributed by atoms with van der Waals surface area (Å²) >= 11 is 1.76. The first kappa shape index (κ1) is 13.2. The van der Waals surface area contributed by atoms with E-state index in [4.69, 9.17) is 5.73 Å². The molecule has 104 valence electrons. The Morgan fingerprint density at radius 2 is 2.25 bits per heavy atom. The SMILES string of the molecule is Cc1ccc(NC(=O)C2CCCc3sccc32)cc1N. The standard InChI is InChI=1S/C16H18N2OS/c1-10-5-6-11(9-14(10)17)18-16(19)13-3-2-4-15-12(13)7-8-20-15/h5-9,13H,2-4,17H2,1H3,(H,18,19). The van der Waals surface area contributed by atoms with Crippen LogP contribution in [0, 0.1) is 6.92 Å². The van der Waals surface area contributed by atoms with Crippen LogP contribution in [0.3, 0.4) is 0 Å². The third-order valence-electron chi connectivity index (χ3n) is 3.92. The van der Waals surface area contributed by atoms with E-state index in [0.717, 1.165) is 30.5 Å². The summed E-state index contributed by atoms with van der Waals surface area (Å²) in [5.41, 5.74) is 9.61. The Morgan fingerprint density at radius 3 is 3.05 bits per heavy atom. The maximum absolute atomic E-state index is 12.5. The molecule has 3 nitrogen and oxygen atoms in total. The molecule has 1 aliphatic rings. The molecular weight excluding hydrogens is 268 g/mol. The van der Waals surface area contributed by atoms with Gasteiger partial charge < -0.3 is 11.1 Å². The number of hydrogen-bond acceptors (Lipinski definition) is 3. The fraction of sp³-hybridized carbons (Fsp3) is 0.312. The number of hydrogen-bond donors (Lipinski definition) is 2. The van der Waals surface area contributed by atoms with E-state index < -0.39 is 0 Å². The average molecular weight is 286 g/mol. The lowest BCUT2D eigenvalue weighted by Gasteiger charge is -2.22. The van der Waals surface area contributed by atoms with Gasteiger partial charge in [-0.05, 0) is 60.9 Å². The Kier molecular flexibility index (Phi) is 3.49. The number of nitrogens with two attached hydrogens (primary N) is 1. The molecule has 4 heteroatoms. The minimum Gasteiger partial charge on any atom is -0.398 e. The molecule has 1 aromatic heterocycles. The molecular formula is C16H18N2OS. The predicted molar refractivity (Wildman–Crippen MR) is 84.2 cm³/mol. The third kappa shape index (κ3) is 2.43. The number of fused-ring (bicyclic) bond motifs is 1. The van der Waals surface area contributed by atoms with Crippen LogP contribution in [0.5, 0.6) is 0 Å². The number of benzene rings is 1. The van der Waals surface area contributed by atoms with Crippen LogP contribution in [-0.2, 0) is 11.2 Å². The van der Waals surface area contributed by atoms with Gasteiger partial charge in [0.2, 0.25) is 5.91 Å². The van der Waals surface area contributed by atoms with Gasteiger partial charge in [-0.2, -0.15) is 0 Å². The molecule has 0 bridgehead atoms. The van der Waals surface area contributed by atoms with Crippen molar-refractivity contribution in [2.24, 2.45) is 0 Å². The summed E-state index contributed by atoms with van der Waals surface area (Å²) in [4.78, 5) is 13.8. The van der Waals surface area contributed by atoms with Crippen molar-refractivity contribution in [1.82, 2.24) is 0 Å². The largest absolute Gasteiger partial charge is 0.398 e. The van der Waals surface area contributed by atoms with Gasteiger partial charge in [-0.3, -0.25) is 4.79 Å². The Morgan fingerprint density at radius 1 is 1.40 bits per heavy atom. The average Bonchev–Trinajstić information content (AvgIpc) is 2.91. The molecule has 1 atom stereocenters. The first-order valence-electron chi connectivity index (χ1n) is 6.88. The number of aryl methyl sites for hydroxylation is 2. The highest BCUT2D eigenvalue weighted by Gasteiger charge is 2.27. The van der Waals surface area contributed by atoms with Gasteiger partial charge in [0.1, 0.15) is 0 Å². The number of anilines is 2. The van der Waals surface area contributed by atoms with Crippen LogP contribution >= 0.6 is 11.3 Å². The van der Waals surface area contributed by atoms with Crippen molar-refractivity contribution < 1.29 is 4.79 Å². The van der Waals surface area contributed by atoms with Gasteiger partial charge in [0, 0.05) is 16.3 Å². The van der Waals surface area contributed by atoms with Crippen LogP contribution in [0.1, 0.15) is 34.8 Å². The molecule has 20 heavy (non-hydrogen) atoms. The van der Waals surface area contributed by atoms with Gasteiger partial charge in [-0.15, -0.1) is 11.3 Å². The Balaban J connectivity index is 1.79. The molecule has 0 saturated carbocycles. The van der Waals surface area contributed by atoms with E-state index in [1.165, 1.54) is 10.4 Å². The molecule has 1 aliphatic carbocycles. The maximum atomic E-state index is 12.5. The van der Waals surface area contributed by atoms with Gasteiger partial charge in [0.15, 0.2) is 0 Å². The summed E-state index contributed by atoms with van der Waals surface area (Å²) < 4.78 is 0. The molecule has 1 unspecified atom stereocenters. The van der Waals surface area contributed by atoms with Crippen molar-refractivity contribution in [2.45, 2.75) is 32.1 Å². The topological polar surface area (TPSA) is 55.1 Å². The van der Waals surface area contributed by atoms with Crippen molar-refractivity contribution in [3.05, 3.63) is 45.6 Å². The van der Waals surface area contributed by atoms with Crippen LogP contribution in [-0.4, -0.2) is 5.91 Å². The molecule has 0 radical (unpaired) electrons. The maximum Gasteiger partial charge on any atom is 0.231 e. The van der Waals surface area contributed by atoms with Crippen LogP contribution in [0.4, 0.5) is 11.4 Å². The smallest absolute Gasteiger partial charge is 0.231 e. The summed E-state index contributed by atoms with van der Waals surface area (Å²) in [6, 6.07) is 7.75. The molecule has 3 rings (SSSR count). The number of nitrogen functional groups attached to an aromatic ring is 1. The lowest BCUT2D eigenvalue weighted by atomic mass is 9.87. The molecule has 0 spiro atoms. The molecule has 1 heterocycles. The first-order chi connectivity index (χ1) is 9.65. The van der Waals surface area contributed by atoms with Crippen LogP contribution in [0.25, 0.3) is 0 Å². The van der Waals surface area contributed by atoms with Crippen molar-refractivity contribution >= 4 is 28.6 Å². The van der Waals surface area contributed by atoms with Crippen molar-refractivity contribution in [2.75, 3.05) is 11.1 Å².